The van der Waals surface area contributed by atoms with E-state index in [-0.39, 0.29) is 5.91 Å². The van der Waals surface area contributed by atoms with Crippen LogP contribution in [0.3, 0.4) is 0 Å². The molecule has 0 unspecified atom stereocenters. The van der Waals surface area contributed by atoms with E-state index in [9.17, 15) is 4.79 Å². The Kier molecular flexibility index (Phi) is 5.66. The van der Waals surface area contributed by atoms with Crippen molar-refractivity contribution in [3.63, 3.8) is 0 Å². The molecule has 0 fully saturated rings. The highest BCUT2D eigenvalue weighted by Gasteiger charge is 2.13. The summed E-state index contributed by atoms with van der Waals surface area (Å²) in [5, 5.41) is 5.44. The number of aryl methyl sites for hydroxylation is 1. The van der Waals surface area contributed by atoms with E-state index in [0.717, 1.165) is 10.9 Å². The van der Waals surface area contributed by atoms with Gasteiger partial charge in [-0.15, -0.1) is 0 Å². The van der Waals surface area contributed by atoms with Gasteiger partial charge in [0.2, 0.25) is 0 Å². The topological polar surface area (TPSA) is 64.8 Å². The largest absolute Gasteiger partial charge is 0.493 e. The van der Waals surface area contributed by atoms with E-state index in [2.05, 4.69) is 10.5 Å². The molecular formula is C20H20ClN3O3. The fraction of sp³-hybridized carbons (Fsp3) is 0.200. The van der Waals surface area contributed by atoms with Crippen LogP contribution in [-0.4, -0.2) is 30.4 Å². The third-order valence-electron chi connectivity index (χ3n) is 4.10. The lowest BCUT2D eigenvalue weighted by Gasteiger charge is -2.11. The van der Waals surface area contributed by atoms with Gasteiger partial charge in [-0.1, -0.05) is 29.8 Å². The average molecular weight is 386 g/mol. The van der Waals surface area contributed by atoms with E-state index >= 15 is 0 Å². The van der Waals surface area contributed by atoms with Crippen LogP contribution < -0.4 is 14.9 Å². The van der Waals surface area contributed by atoms with Crippen LogP contribution in [0.2, 0.25) is 5.02 Å². The lowest BCUT2D eigenvalue weighted by Crippen LogP contribution is -2.20. The zero-order valence-corrected chi connectivity index (χ0v) is 16.1. The van der Waals surface area contributed by atoms with Gasteiger partial charge in [0, 0.05) is 18.0 Å². The van der Waals surface area contributed by atoms with E-state index in [1.54, 1.807) is 12.1 Å². The molecule has 2 aromatic carbocycles. The van der Waals surface area contributed by atoms with Crippen LogP contribution >= 0.6 is 11.6 Å². The number of ether oxygens (including phenoxy) is 2. The number of nitrogens with one attached hydrogen (secondary N) is 1. The SMILES string of the molecule is CCOc1c(Cl)cc(/C=N/NC(=O)c2cc3ccccc3n2C)cc1OC. The summed E-state index contributed by atoms with van der Waals surface area (Å²) in [5.41, 5.74) is 4.72. The van der Waals surface area contributed by atoms with E-state index in [1.807, 2.05) is 48.9 Å². The molecular weight excluding hydrogens is 366 g/mol. The Bertz CT molecular complexity index is 1010. The molecule has 1 N–H and O–H groups in total. The number of carbonyl (C=O) groups is 1. The van der Waals surface area contributed by atoms with Crippen LogP contribution in [0.4, 0.5) is 0 Å². The predicted molar refractivity (Wildman–Crippen MR) is 107 cm³/mol. The zero-order valence-electron chi connectivity index (χ0n) is 15.3. The number of hydrogen-bond acceptors (Lipinski definition) is 4. The van der Waals surface area contributed by atoms with E-state index in [4.69, 9.17) is 21.1 Å². The van der Waals surface area contributed by atoms with Crippen molar-refractivity contribution in [2.24, 2.45) is 12.1 Å². The first-order valence-electron chi connectivity index (χ1n) is 8.43. The third-order valence-corrected chi connectivity index (χ3v) is 4.39. The molecule has 6 nitrogen and oxygen atoms in total. The summed E-state index contributed by atoms with van der Waals surface area (Å²) in [4.78, 5) is 12.4. The van der Waals surface area contributed by atoms with Crippen LogP contribution in [0.1, 0.15) is 23.0 Å². The normalized spacial score (nSPS) is 11.1. The molecule has 0 bridgehead atoms. The lowest BCUT2D eigenvalue weighted by molar-refractivity contribution is 0.0947. The van der Waals surface area contributed by atoms with Gasteiger partial charge < -0.3 is 14.0 Å². The standard InChI is InChI=1S/C20H20ClN3O3/c1-4-27-19-15(21)9-13(10-18(19)26-3)12-22-23-20(25)17-11-14-7-5-6-8-16(14)24(17)2/h5-12H,4H2,1-3H3,(H,23,25)/b22-12+. The van der Waals surface area contributed by atoms with Crippen molar-refractivity contribution in [3.05, 3.63) is 58.7 Å². The molecule has 0 aliphatic carbocycles. The average Bonchev–Trinajstić information content (AvgIpc) is 3.01. The second kappa shape index (κ2) is 8.14. The number of benzene rings is 2. The first kappa shape index (κ1) is 18.8. The number of fused-ring (bicyclic) bond motifs is 1. The minimum Gasteiger partial charge on any atom is -0.493 e. The quantitative estimate of drug-likeness (QED) is 0.515. The third kappa shape index (κ3) is 3.90. The maximum atomic E-state index is 12.4. The van der Waals surface area contributed by atoms with E-state index < -0.39 is 0 Å². The van der Waals surface area contributed by atoms with E-state index in [1.165, 1.54) is 13.3 Å². The van der Waals surface area contributed by atoms with Crippen molar-refractivity contribution < 1.29 is 14.3 Å². The van der Waals surface area contributed by atoms with Crippen molar-refractivity contribution >= 4 is 34.6 Å². The number of methoxy groups -OCH3 is 1. The van der Waals surface area contributed by atoms with Gasteiger partial charge in [-0.2, -0.15) is 5.10 Å². The van der Waals surface area contributed by atoms with Gasteiger partial charge in [0.1, 0.15) is 5.69 Å². The fourth-order valence-electron chi connectivity index (χ4n) is 2.83. The molecule has 0 saturated heterocycles. The molecule has 1 heterocycles. The first-order chi connectivity index (χ1) is 13.0. The number of rotatable bonds is 6. The summed E-state index contributed by atoms with van der Waals surface area (Å²) in [6, 6.07) is 13.1. The Balaban J connectivity index is 1.77. The van der Waals surface area contributed by atoms with Crippen molar-refractivity contribution in [2.45, 2.75) is 6.92 Å². The Morgan fingerprint density at radius 1 is 1.30 bits per heavy atom. The number of halogens is 1. The van der Waals surface area contributed by atoms with Gasteiger partial charge in [0.15, 0.2) is 11.5 Å². The highest BCUT2D eigenvalue weighted by molar-refractivity contribution is 6.32. The zero-order chi connectivity index (χ0) is 19.4. The summed E-state index contributed by atoms with van der Waals surface area (Å²) in [6.07, 6.45) is 1.50. The number of carbonyl (C=O) groups excluding carboxylic acids is 1. The lowest BCUT2D eigenvalue weighted by atomic mass is 10.2. The van der Waals surface area contributed by atoms with Gasteiger partial charge >= 0.3 is 0 Å². The summed E-state index contributed by atoms with van der Waals surface area (Å²) in [5.74, 6) is 0.693. The molecule has 27 heavy (non-hydrogen) atoms. The molecule has 0 saturated carbocycles. The smallest absolute Gasteiger partial charge is 0.287 e. The van der Waals surface area contributed by atoms with Crippen LogP contribution in [0, 0.1) is 0 Å². The summed E-state index contributed by atoms with van der Waals surface area (Å²) in [6.45, 7) is 2.35. The molecule has 7 heteroatoms. The summed E-state index contributed by atoms with van der Waals surface area (Å²) < 4.78 is 12.6. The van der Waals surface area contributed by atoms with Gasteiger partial charge in [0.25, 0.3) is 5.91 Å². The first-order valence-corrected chi connectivity index (χ1v) is 8.81. The number of nitrogens with zero attached hydrogens (tertiary/aromatic N) is 2. The van der Waals surface area contributed by atoms with Crippen LogP contribution in [-0.2, 0) is 7.05 Å². The molecule has 0 spiro atoms. The Morgan fingerprint density at radius 2 is 2.07 bits per heavy atom. The van der Waals surface area contributed by atoms with Crippen molar-refractivity contribution in [2.75, 3.05) is 13.7 Å². The number of amides is 1. The highest BCUT2D eigenvalue weighted by Crippen LogP contribution is 2.35. The number of aromatic nitrogens is 1. The maximum absolute atomic E-state index is 12.4. The predicted octanol–water partition coefficient (Wildman–Crippen LogP) is 4.00. The molecule has 3 aromatic rings. The van der Waals surface area contributed by atoms with Crippen molar-refractivity contribution in [1.82, 2.24) is 9.99 Å². The molecule has 0 aliphatic rings. The van der Waals surface area contributed by atoms with E-state index in [0.29, 0.717) is 34.4 Å². The van der Waals surface area contributed by atoms with Crippen molar-refractivity contribution in [3.8, 4) is 11.5 Å². The van der Waals surface area contributed by atoms with Gasteiger partial charge in [-0.3, -0.25) is 4.79 Å². The van der Waals surface area contributed by atoms with Gasteiger partial charge in [-0.25, -0.2) is 5.43 Å². The Morgan fingerprint density at radius 3 is 2.78 bits per heavy atom. The minimum atomic E-state index is -0.297. The highest BCUT2D eigenvalue weighted by atomic mass is 35.5. The molecule has 0 atom stereocenters. The number of hydrogen-bond donors (Lipinski definition) is 1. The molecule has 0 aliphatic heterocycles. The second-order valence-electron chi connectivity index (χ2n) is 5.81. The molecule has 1 amide bonds. The molecule has 3 rings (SSSR count). The Hall–Kier alpha value is -2.99. The fourth-order valence-corrected chi connectivity index (χ4v) is 3.10. The minimum absolute atomic E-state index is 0.297. The second-order valence-corrected chi connectivity index (χ2v) is 6.22. The molecule has 140 valence electrons. The Labute approximate surface area is 162 Å². The molecule has 1 aromatic heterocycles. The van der Waals surface area contributed by atoms with Crippen LogP contribution in [0.15, 0.2) is 47.6 Å². The van der Waals surface area contributed by atoms with Gasteiger partial charge in [0.05, 0.1) is 25.0 Å². The summed E-state index contributed by atoms with van der Waals surface area (Å²) >= 11 is 6.24. The van der Waals surface area contributed by atoms with Crippen LogP contribution in [0.5, 0.6) is 11.5 Å². The molecule has 0 radical (unpaired) electrons. The summed E-state index contributed by atoms with van der Waals surface area (Å²) in [7, 11) is 3.38. The van der Waals surface area contributed by atoms with Crippen LogP contribution in [0.25, 0.3) is 10.9 Å². The monoisotopic (exact) mass is 385 g/mol. The van der Waals surface area contributed by atoms with Gasteiger partial charge in [-0.05, 0) is 36.8 Å². The number of para-hydroxylation sites is 1. The van der Waals surface area contributed by atoms with Crippen molar-refractivity contribution in [1.29, 1.82) is 0 Å². The maximum Gasteiger partial charge on any atom is 0.287 e. The number of hydrazone groups is 1.